The summed E-state index contributed by atoms with van der Waals surface area (Å²) in [5.41, 5.74) is 7.62. The standard InChI is InChI=1S/C11H18N4/c1-7-6-13-8(2)11(14-7)15-10(5-12)9-3-4-9/h6,9-10H,3-5,12H2,1-2H3,(H,14,15). The van der Waals surface area contributed by atoms with Gasteiger partial charge in [0.1, 0.15) is 5.82 Å². The van der Waals surface area contributed by atoms with Crippen molar-refractivity contribution in [2.24, 2.45) is 11.7 Å². The van der Waals surface area contributed by atoms with Gasteiger partial charge in [0.25, 0.3) is 0 Å². The first kappa shape index (κ1) is 10.4. The van der Waals surface area contributed by atoms with Gasteiger partial charge in [0.05, 0.1) is 11.4 Å². The lowest BCUT2D eigenvalue weighted by atomic mass is 10.2. The molecule has 0 aliphatic heterocycles. The molecule has 1 saturated carbocycles. The summed E-state index contributed by atoms with van der Waals surface area (Å²) >= 11 is 0. The second-order valence-electron chi connectivity index (χ2n) is 4.27. The van der Waals surface area contributed by atoms with Crippen molar-refractivity contribution < 1.29 is 0 Å². The van der Waals surface area contributed by atoms with Crippen molar-refractivity contribution in [3.05, 3.63) is 17.6 Å². The Bertz CT molecular complexity index is 346. The fourth-order valence-corrected chi connectivity index (χ4v) is 1.72. The smallest absolute Gasteiger partial charge is 0.148 e. The number of hydrogen-bond donors (Lipinski definition) is 2. The van der Waals surface area contributed by atoms with Crippen LogP contribution in [0.2, 0.25) is 0 Å². The maximum atomic E-state index is 5.74. The van der Waals surface area contributed by atoms with E-state index in [1.807, 2.05) is 13.8 Å². The van der Waals surface area contributed by atoms with Crippen molar-refractivity contribution in [2.45, 2.75) is 32.7 Å². The Morgan fingerprint density at radius 1 is 1.53 bits per heavy atom. The molecule has 82 valence electrons. The molecule has 0 bridgehead atoms. The first-order valence-corrected chi connectivity index (χ1v) is 5.47. The summed E-state index contributed by atoms with van der Waals surface area (Å²) in [7, 11) is 0. The van der Waals surface area contributed by atoms with E-state index in [4.69, 9.17) is 5.73 Å². The zero-order valence-corrected chi connectivity index (χ0v) is 9.33. The van der Waals surface area contributed by atoms with E-state index < -0.39 is 0 Å². The molecule has 1 aromatic heterocycles. The second-order valence-corrected chi connectivity index (χ2v) is 4.27. The zero-order chi connectivity index (χ0) is 10.8. The molecule has 0 aromatic carbocycles. The Morgan fingerprint density at radius 2 is 2.27 bits per heavy atom. The number of nitrogens with two attached hydrogens (primary N) is 1. The molecule has 1 fully saturated rings. The Labute approximate surface area is 90.3 Å². The van der Waals surface area contributed by atoms with Gasteiger partial charge in [-0.15, -0.1) is 0 Å². The fourth-order valence-electron chi connectivity index (χ4n) is 1.72. The minimum atomic E-state index is 0.361. The lowest BCUT2D eigenvalue weighted by molar-refractivity contribution is 0.640. The highest BCUT2D eigenvalue weighted by molar-refractivity contribution is 5.41. The van der Waals surface area contributed by atoms with Gasteiger partial charge in [-0.1, -0.05) is 0 Å². The Morgan fingerprint density at radius 3 is 2.87 bits per heavy atom. The van der Waals surface area contributed by atoms with Gasteiger partial charge >= 0.3 is 0 Å². The molecule has 1 unspecified atom stereocenters. The number of nitrogens with one attached hydrogen (secondary N) is 1. The summed E-state index contributed by atoms with van der Waals surface area (Å²) in [4.78, 5) is 8.72. The fraction of sp³-hybridized carbons (Fsp3) is 0.636. The third kappa shape index (κ3) is 2.45. The Kier molecular flexibility index (Phi) is 2.86. The predicted molar refractivity (Wildman–Crippen MR) is 60.7 cm³/mol. The van der Waals surface area contributed by atoms with E-state index in [2.05, 4.69) is 15.3 Å². The van der Waals surface area contributed by atoms with Crippen molar-refractivity contribution in [1.29, 1.82) is 0 Å². The summed E-state index contributed by atoms with van der Waals surface area (Å²) in [6, 6.07) is 0.361. The SMILES string of the molecule is Cc1cnc(C)c(NC(CN)C2CC2)n1. The van der Waals surface area contributed by atoms with Crippen molar-refractivity contribution >= 4 is 5.82 Å². The molecule has 1 aliphatic rings. The molecule has 0 spiro atoms. The minimum Gasteiger partial charge on any atom is -0.364 e. The molecule has 1 aromatic rings. The largest absolute Gasteiger partial charge is 0.364 e. The second kappa shape index (κ2) is 4.14. The Hall–Kier alpha value is -1.16. The summed E-state index contributed by atoms with van der Waals surface area (Å²) in [6.07, 6.45) is 4.36. The topological polar surface area (TPSA) is 63.8 Å². The molecule has 4 heteroatoms. The van der Waals surface area contributed by atoms with Gasteiger partial charge in [-0.2, -0.15) is 0 Å². The molecule has 0 radical (unpaired) electrons. The molecule has 1 atom stereocenters. The highest BCUT2D eigenvalue weighted by Gasteiger charge is 2.30. The minimum absolute atomic E-state index is 0.361. The number of rotatable bonds is 4. The maximum absolute atomic E-state index is 5.74. The molecule has 1 heterocycles. The molecule has 1 aliphatic carbocycles. The summed E-state index contributed by atoms with van der Waals surface area (Å²) < 4.78 is 0. The van der Waals surface area contributed by atoms with E-state index in [1.54, 1.807) is 6.20 Å². The van der Waals surface area contributed by atoms with Crippen LogP contribution in [0.25, 0.3) is 0 Å². The van der Waals surface area contributed by atoms with E-state index in [-0.39, 0.29) is 0 Å². The third-order valence-electron chi connectivity index (χ3n) is 2.84. The van der Waals surface area contributed by atoms with Crippen LogP contribution >= 0.6 is 0 Å². The van der Waals surface area contributed by atoms with Gasteiger partial charge in [-0.05, 0) is 32.6 Å². The van der Waals surface area contributed by atoms with Crippen LogP contribution in [-0.4, -0.2) is 22.6 Å². The molecule has 0 saturated heterocycles. The van der Waals surface area contributed by atoms with Gasteiger partial charge < -0.3 is 11.1 Å². The van der Waals surface area contributed by atoms with E-state index in [0.29, 0.717) is 12.6 Å². The molecule has 2 rings (SSSR count). The molecule has 3 N–H and O–H groups in total. The van der Waals surface area contributed by atoms with E-state index in [9.17, 15) is 0 Å². The lowest BCUT2D eigenvalue weighted by Crippen LogP contribution is -2.31. The summed E-state index contributed by atoms with van der Waals surface area (Å²) in [5, 5.41) is 3.40. The lowest BCUT2D eigenvalue weighted by Gasteiger charge is -2.17. The van der Waals surface area contributed by atoms with E-state index in [1.165, 1.54) is 12.8 Å². The summed E-state index contributed by atoms with van der Waals surface area (Å²) in [5.74, 6) is 1.62. The molecular weight excluding hydrogens is 188 g/mol. The maximum Gasteiger partial charge on any atom is 0.148 e. The number of hydrogen-bond acceptors (Lipinski definition) is 4. The first-order chi connectivity index (χ1) is 7.20. The number of aryl methyl sites for hydroxylation is 2. The first-order valence-electron chi connectivity index (χ1n) is 5.47. The normalized spacial score (nSPS) is 17.5. The van der Waals surface area contributed by atoms with Gasteiger partial charge in [0, 0.05) is 18.8 Å². The average Bonchev–Trinajstić information content (AvgIpc) is 3.03. The third-order valence-corrected chi connectivity index (χ3v) is 2.84. The van der Waals surface area contributed by atoms with Gasteiger partial charge in [-0.25, -0.2) is 4.98 Å². The van der Waals surface area contributed by atoms with Gasteiger partial charge in [0.2, 0.25) is 0 Å². The van der Waals surface area contributed by atoms with Crippen molar-refractivity contribution in [2.75, 3.05) is 11.9 Å². The molecule has 4 nitrogen and oxygen atoms in total. The van der Waals surface area contributed by atoms with Gasteiger partial charge in [-0.3, -0.25) is 4.98 Å². The Balaban J connectivity index is 2.11. The van der Waals surface area contributed by atoms with Crippen LogP contribution in [0.3, 0.4) is 0 Å². The predicted octanol–water partition coefficient (Wildman–Crippen LogP) is 1.24. The van der Waals surface area contributed by atoms with Crippen molar-refractivity contribution in [1.82, 2.24) is 9.97 Å². The highest BCUT2D eigenvalue weighted by atomic mass is 15.1. The average molecular weight is 206 g/mol. The molecular formula is C11H18N4. The monoisotopic (exact) mass is 206 g/mol. The summed E-state index contributed by atoms with van der Waals surface area (Å²) in [6.45, 7) is 4.58. The van der Waals surface area contributed by atoms with Crippen LogP contribution in [-0.2, 0) is 0 Å². The number of nitrogens with zero attached hydrogens (tertiary/aromatic N) is 2. The van der Waals surface area contributed by atoms with Crippen molar-refractivity contribution in [3.63, 3.8) is 0 Å². The van der Waals surface area contributed by atoms with Crippen LogP contribution in [0.5, 0.6) is 0 Å². The van der Waals surface area contributed by atoms with Gasteiger partial charge in [0.15, 0.2) is 0 Å². The highest BCUT2D eigenvalue weighted by Crippen LogP contribution is 2.33. The van der Waals surface area contributed by atoms with Crippen LogP contribution < -0.4 is 11.1 Å². The zero-order valence-electron chi connectivity index (χ0n) is 9.33. The quantitative estimate of drug-likeness (QED) is 0.778. The van der Waals surface area contributed by atoms with Crippen LogP contribution in [0, 0.1) is 19.8 Å². The van der Waals surface area contributed by atoms with E-state index >= 15 is 0 Å². The molecule has 0 amide bonds. The van der Waals surface area contributed by atoms with E-state index in [0.717, 1.165) is 23.1 Å². The van der Waals surface area contributed by atoms with Crippen LogP contribution in [0.15, 0.2) is 6.20 Å². The van der Waals surface area contributed by atoms with Crippen molar-refractivity contribution in [3.8, 4) is 0 Å². The van der Waals surface area contributed by atoms with Crippen LogP contribution in [0.1, 0.15) is 24.2 Å². The number of anilines is 1. The number of aromatic nitrogens is 2. The van der Waals surface area contributed by atoms with Crippen LogP contribution in [0.4, 0.5) is 5.82 Å². The molecule has 15 heavy (non-hydrogen) atoms.